The van der Waals surface area contributed by atoms with Gasteiger partial charge in [0.15, 0.2) is 11.5 Å². The summed E-state index contributed by atoms with van der Waals surface area (Å²) in [6.45, 7) is 2.05. The molecular formula is C20H26N2O6S. The zero-order chi connectivity index (χ0) is 21.6. The number of amides is 1. The van der Waals surface area contributed by atoms with E-state index in [0.29, 0.717) is 17.2 Å². The van der Waals surface area contributed by atoms with Gasteiger partial charge in [0.1, 0.15) is 5.75 Å². The Morgan fingerprint density at radius 1 is 1.00 bits per heavy atom. The molecule has 1 N–H and O–H groups in total. The highest BCUT2D eigenvalue weighted by Gasteiger charge is 2.25. The quantitative estimate of drug-likeness (QED) is 0.667. The van der Waals surface area contributed by atoms with Crippen molar-refractivity contribution in [2.45, 2.75) is 13.5 Å². The van der Waals surface area contributed by atoms with Gasteiger partial charge in [0.25, 0.3) is 5.91 Å². The average Bonchev–Trinajstić information content (AvgIpc) is 2.71. The summed E-state index contributed by atoms with van der Waals surface area (Å²) in [7, 11) is 0.835. The molecule has 158 valence electrons. The second kappa shape index (κ2) is 9.51. The number of benzene rings is 2. The summed E-state index contributed by atoms with van der Waals surface area (Å²) >= 11 is 0. The van der Waals surface area contributed by atoms with Gasteiger partial charge in [-0.05, 0) is 19.1 Å². The molecule has 0 bridgehead atoms. The molecule has 0 unspecified atom stereocenters. The molecule has 1 amide bonds. The first-order chi connectivity index (χ1) is 13.8. The second-order valence-electron chi connectivity index (χ2n) is 6.15. The molecule has 0 saturated heterocycles. The van der Waals surface area contributed by atoms with Crippen molar-refractivity contribution in [3.8, 4) is 17.2 Å². The summed E-state index contributed by atoms with van der Waals surface area (Å²) in [5.41, 5.74) is 1.16. The fourth-order valence-electron chi connectivity index (χ4n) is 2.96. The van der Waals surface area contributed by atoms with Crippen LogP contribution >= 0.6 is 0 Å². The number of nitrogens with one attached hydrogen (secondary N) is 1. The summed E-state index contributed by atoms with van der Waals surface area (Å²) in [5.74, 6) is 0.842. The molecule has 0 aliphatic heterocycles. The van der Waals surface area contributed by atoms with E-state index >= 15 is 0 Å². The minimum absolute atomic E-state index is 0.154. The van der Waals surface area contributed by atoms with E-state index in [1.165, 1.54) is 26.4 Å². The predicted octanol–water partition coefficient (Wildman–Crippen LogP) is 2.43. The highest BCUT2D eigenvalue weighted by Crippen LogP contribution is 2.36. The fourth-order valence-corrected chi connectivity index (χ4v) is 3.94. The Morgan fingerprint density at radius 2 is 1.59 bits per heavy atom. The lowest BCUT2D eigenvalue weighted by Gasteiger charge is -2.24. The van der Waals surface area contributed by atoms with E-state index in [9.17, 15) is 13.2 Å². The molecule has 9 heteroatoms. The maximum atomic E-state index is 13.0. The monoisotopic (exact) mass is 422 g/mol. The molecule has 0 aliphatic carbocycles. The normalized spacial score (nSPS) is 10.9. The van der Waals surface area contributed by atoms with Crippen LogP contribution in [-0.4, -0.2) is 48.5 Å². The molecule has 29 heavy (non-hydrogen) atoms. The molecule has 0 atom stereocenters. The van der Waals surface area contributed by atoms with E-state index in [1.54, 1.807) is 20.1 Å². The molecule has 0 radical (unpaired) electrons. The summed E-state index contributed by atoms with van der Waals surface area (Å²) in [5, 5.41) is 2.81. The number of hydrogen-bond donors (Lipinski definition) is 1. The highest BCUT2D eigenvalue weighted by molar-refractivity contribution is 7.92. The van der Waals surface area contributed by atoms with Crippen molar-refractivity contribution < 1.29 is 27.4 Å². The van der Waals surface area contributed by atoms with Gasteiger partial charge in [-0.2, -0.15) is 0 Å². The molecule has 2 aromatic rings. The van der Waals surface area contributed by atoms with Gasteiger partial charge < -0.3 is 19.5 Å². The number of carbonyl (C=O) groups excluding carboxylic acids is 1. The first kappa shape index (κ1) is 22.4. The van der Waals surface area contributed by atoms with Gasteiger partial charge in [-0.3, -0.25) is 9.10 Å². The Bertz CT molecular complexity index is 975. The lowest BCUT2D eigenvalue weighted by Crippen LogP contribution is -2.33. The van der Waals surface area contributed by atoms with Crippen LogP contribution in [0.25, 0.3) is 0 Å². The van der Waals surface area contributed by atoms with E-state index < -0.39 is 15.9 Å². The van der Waals surface area contributed by atoms with Crippen LogP contribution in [0.2, 0.25) is 0 Å². The molecule has 2 aromatic carbocycles. The third-order valence-corrected chi connectivity index (χ3v) is 5.59. The number of rotatable bonds is 9. The van der Waals surface area contributed by atoms with Crippen LogP contribution in [0.4, 0.5) is 5.69 Å². The van der Waals surface area contributed by atoms with E-state index in [4.69, 9.17) is 14.2 Å². The van der Waals surface area contributed by atoms with Crippen molar-refractivity contribution in [3.63, 3.8) is 0 Å². The first-order valence-electron chi connectivity index (χ1n) is 8.90. The lowest BCUT2D eigenvalue weighted by atomic mass is 10.1. The van der Waals surface area contributed by atoms with Gasteiger partial charge in [-0.1, -0.05) is 18.2 Å². The van der Waals surface area contributed by atoms with Crippen molar-refractivity contribution in [2.75, 3.05) is 38.4 Å². The Balaban J connectivity index is 2.47. The van der Waals surface area contributed by atoms with E-state index in [1.807, 2.05) is 18.2 Å². The topological polar surface area (TPSA) is 94.2 Å². The number of nitrogens with zero attached hydrogens (tertiary/aromatic N) is 1. The van der Waals surface area contributed by atoms with Gasteiger partial charge in [0.05, 0.1) is 38.8 Å². The van der Waals surface area contributed by atoms with Crippen LogP contribution in [0.3, 0.4) is 0 Å². The van der Waals surface area contributed by atoms with E-state index in [-0.39, 0.29) is 24.3 Å². The minimum Gasteiger partial charge on any atom is -0.496 e. The zero-order valence-corrected chi connectivity index (χ0v) is 18.0. The second-order valence-corrected chi connectivity index (χ2v) is 8.05. The van der Waals surface area contributed by atoms with Crippen molar-refractivity contribution in [1.82, 2.24) is 5.32 Å². The van der Waals surface area contributed by atoms with Gasteiger partial charge in [0.2, 0.25) is 10.0 Å². The minimum atomic E-state index is -3.61. The van der Waals surface area contributed by atoms with Gasteiger partial charge >= 0.3 is 0 Å². The Morgan fingerprint density at radius 3 is 2.14 bits per heavy atom. The lowest BCUT2D eigenvalue weighted by molar-refractivity contribution is 0.0951. The average molecular weight is 423 g/mol. The van der Waals surface area contributed by atoms with Crippen molar-refractivity contribution >= 4 is 21.6 Å². The Labute approximate surface area is 171 Å². The molecule has 0 spiro atoms. The first-order valence-corrected chi connectivity index (χ1v) is 10.7. The van der Waals surface area contributed by atoms with Crippen LogP contribution in [0, 0.1) is 0 Å². The molecule has 0 aromatic heterocycles. The Hall–Kier alpha value is -2.94. The van der Waals surface area contributed by atoms with Crippen LogP contribution < -0.4 is 23.8 Å². The van der Waals surface area contributed by atoms with Gasteiger partial charge in [0, 0.05) is 24.7 Å². The molecule has 2 rings (SSSR count). The van der Waals surface area contributed by atoms with Gasteiger partial charge in [-0.25, -0.2) is 8.42 Å². The summed E-state index contributed by atoms with van der Waals surface area (Å²) in [6, 6.07) is 10.3. The number of ether oxygens (including phenoxy) is 3. The number of anilines is 1. The van der Waals surface area contributed by atoms with Crippen LogP contribution in [0.5, 0.6) is 17.2 Å². The molecule has 0 aliphatic rings. The smallest absolute Gasteiger partial charge is 0.253 e. The molecule has 8 nitrogen and oxygen atoms in total. The number of carbonyl (C=O) groups is 1. The Kier molecular flexibility index (Phi) is 7.33. The molecule has 0 heterocycles. The summed E-state index contributed by atoms with van der Waals surface area (Å²) in [6.07, 6.45) is 1.09. The van der Waals surface area contributed by atoms with Crippen LogP contribution in [-0.2, 0) is 16.6 Å². The predicted molar refractivity (Wildman–Crippen MR) is 112 cm³/mol. The maximum absolute atomic E-state index is 13.0. The highest BCUT2D eigenvalue weighted by atomic mass is 32.2. The molecular weight excluding hydrogens is 396 g/mol. The maximum Gasteiger partial charge on any atom is 0.253 e. The number of sulfonamides is 1. The third-order valence-electron chi connectivity index (χ3n) is 4.33. The SMILES string of the molecule is CCN(c1cc(OC)c(OC)cc1C(=O)NCc1ccccc1OC)S(C)(=O)=O. The largest absolute Gasteiger partial charge is 0.496 e. The molecule has 0 fully saturated rings. The van der Waals surface area contributed by atoms with Crippen molar-refractivity contribution in [1.29, 1.82) is 0 Å². The standard InChI is InChI=1S/C20H26N2O6S/c1-6-22(29(5,24)25)16-12-19(28-4)18(27-3)11-15(16)20(23)21-13-14-9-7-8-10-17(14)26-2/h7-12H,6,13H2,1-5H3,(H,21,23). The third kappa shape index (κ3) is 5.11. The van der Waals surface area contributed by atoms with E-state index in [0.717, 1.165) is 16.1 Å². The van der Waals surface area contributed by atoms with Crippen LogP contribution in [0.15, 0.2) is 36.4 Å². The van der Waals surface area contributed by atoms with E-state index in [2.05, 4.69) is 5.32 Å². The van der Waals surface area contributed by atoms with Crippen molar-refractivity contribution in [2.24, 2.45) is 0 Å². The summed E-state index contributed by atoms with van der Waals surface area (Å²) in [4.78, 5) is 13.0. The number of para-hydroxylation sites is 1. The van der Waals surface area contributed by atoms with Gasteiger partial charge in [-0.15, -0.1) is 0 Å². The zero-order valence-electron chi connectivity index (χ0n) is 17.2. The van der Waals surface area contributed by atoms with Crippen LogP contribution in [0.1, 0.15) is 22.8 Å². The fraction of sp³-hybridized carbons (Fsp3) is 0.350. The summed E-state index contributed by atoms with van der Waals surface area (Å²) < 4.78 is 41.5. The number of hydrogen-bond acceptors (Lipinski definition) is 6. The molecule has 0 saturated carbocycles. The number of methoxy groups -OCH3 is 3. The van der Waals surface area contributed by atoms with Crippen molar-refractivity contribution in [3.05, 3.63) is 47.5 Å².